The van der Waals surface area contributed by atoms with Crippen LogP contribution in [0.25, 0.3) is 0 Å². The highest BCUT2D eigenvalue weighted by Gasteiger charge is 2.07. The lowest BCUT2D eigenvalue weighted by molar-refractivity contribution is 0.551. The summed E-state index contributed by atoms with van der Waals surface area (Å²) in [5, 5.41) is 11.7. The second-order valence-electron chi connectivity index (χ2n) is 3.68. The number of thioether (sulfide) groups is 1. The Morgan fingerprint density at radius 3 is 2.94 bits per heavy atom. The molecule has 1 aromatic carbocycles. The molecule has 1 heterocycles. The van der Waals surface area contributed by atoms with Gasteiger partial charge in [-0.3, -0.25) is 0 Å². The molecule has 0 spiro atoms. The third-order valence-corrected chi connectivity index (χ3v) is 4.40. The lowest BCUT2D eigenvalue weighted by Gasteiger charge is -2.05. The molecule has 2 rings (SSSR count). The van der Waals surface area contributed by atoms with E-state index in [1.807, 2.05) is 22.9 Å². The maximum Gasteiger partial charge on any atom is 0.161 e. The third-order valence-electron chi connectivity index (χ3n) is 2.37. The van der Waals surface area contributed by atoms with E-state index in [2.05, 4.69) is 37.5 Å². The van der Waals surface area contributed by atoms with Crippen LogP contribution in [0.2, 0.25) is 0 Å². The van der Waals surface area contributed by atoms with Crippen LogP contribution < -0.4 is 5.73 Å². The molecular weight excluding hydrogens is 314 g/mol. The molecule has 7 heteroatoms. The third kappa shape index (κ3) is 3.54. The molecular formula is C11H14BrN5S. The maximum atomic E-state index is 5.49. The van der Waals surface area contributed by atoms with E-state index in [-0.39, 0.29) is 0 Å². The van der Waals surface area contributed by atoms with Crippen molar-refractivity contribution >= 4 is 27.7 Å². The SMILES string of the molecule is NCCCn1nnnc1CSc1ccccc1Br. The summed E-state index contributed by atoms with van der Waals surface area (Å²) in [4.78, 5) is 1.19. The Hall–Kier alpha value is -0.920. The first-order valence-corrected chi connectivity index (χ1v) is 7.41. The zero-order valence-corrected chi connectivity index (χ0v) is 12.2. The number of nitrogens with two attached hydrogens (primary N) is 1. The number of nitrogens with zero attached hydrogens (tertiary/aromatic N) is 4. The van der Waals surface area contributed by atoms with E-state index in [0.717, 1.165) is 29.0 Å². The molecule has 1 aromatic heterocycles. The van der Waals surface area contributed by atoms with Gasteiger partial charge in [0.15, 0.2) is 5.82 Å². The number of rotatable bonds is 6. The first-order valence-electron chi connectivity index (χ1n) is 5.63. The smallest absolute Gasteiger partial charge is 0.161 e. The molecule has 5 nitrogen and oxygen atoms in total. The molecule has 96 valence electrons. The molecule has 0 fully saturated rings. The Morgan fingerprint density at radius 2 is 2.17 bits per heavy atom. The average molecular weight is 328 g/mol. The minimum Gasteiger partial charge on any atom is -0.330 e. The number of halogens is 1. The Bertz CT molecular complexity index is 502. The second-order valence-corrected chi connectivity index (χ2v) is 5.55. The van der Waals surface area contributed by atoms with Crippen LogP contribution >= 0.6 is 27.7 Å². The van der Waals surface area contributed by atoms with Crippen molar-refractivity contribution in [2.75, 3.05) is 6.54 Å². The number of tetrazole rings is 1. The van der Waals surface area contributed by atoms with Crippen LogP contribution in [0.15, 0.2) is 33.6 Å². The highest BCUT2D eigenvalue weighted by atomic mass is 79.9. The summed E-state index contributed by atoms with van der Waals surface area (Å²) in [6, 6.07) is 8.12. The van der Waals surface area contributed by atoms with Gasteiger partial charge in [-0.2, -0.15) is 0 Å². The van der Waals surface area contributed by atoms with Crippen molar-refractivity contribution in [2.45, 2.75) is 23.6 Å². The Labute approximate surface area is 118 Å². The van der Waals surface area contributed by atoms with Crippen LogP contribution in [-0.4, -0.2) is 26.8 Å². The van der Waals surface area contributed by atoms with E-state index in [0.29, 0.717) is 6.54 Å². The number of hydrogen-bond acceptors (Lipinski definition) is 5. The van der Waals surface area contributed by atoms with Gasteiger partial charge in [-0.25, -0.2) is 4.68 Å². The normalized spacial score (nSPS) is 10.8. The van der Waals surface area contributed by atoms with Gasteiger partial charge in [0.1, 0.15) is 0 Å². The van der Waals surface area contributed by atoms with Gasteiger partial charge in [0.05, 0.1) is 5.75 Å². The summed E-state index contributed by atoms with van der Waals surface area (Å²) >= 11 is 5.24. The quantitative estimate of drug-likeness (QED) is 0.822. The van der Waals surface area contributed by atoms with Gasteiger partial charge >= 0.3 is 0 Å². The molecule has 0 bridgehead atoms. The zero-order chi connectivity index (χ0) is 12.8. The maximum absolute atomic E-state index is 5.49. The largest absolute Gasteiger partial charge is 0.330 e. The molecule has 0 radical (unpaired) electrons. The lowest BCUT2D eigenvalue weighted by Crippen LogP contribution is -2.09. The summed E-state index contributed by atoms with van der Waals surface area (Å²) in [7, 11) is 0. The van der Waals surface area contributed by atoms with Crippen LogP contribution in [0, 0.1) is 0 Å². The minimum atomic E-state index is 0.649. The lowest BCUT2D eigenvalue weighted by atomic mass is 10.4. The molecule has 0 atom stereocenters. The summed E-state index contributed by atoms with van der Waals surface area (Å²) in [6.07, 6.45) is 0.887. The Balaban J connectivity index is 1.98. The monoisotopic (exact) mass is 327 g/mol. The summed E-state index contributed by atoms with van der Waals surface area (Å²) in [5.41, 5.74) is 5.49. The molecule has 0 unspecified atom stereocenters. The van der Waals surface area contributed by atoms with Crippen LogP contribution in [0.5, 0.6) is 0 Å². The van der Waals surface area contributed by atoms with Crippen LogP contribution in [0.1, 0.15) is 12.2 Å². The average Bonchev–Trinajstić information content (AvgIpc) is 2.83. The fourth-order valence-corrected chi connectivity index (χ4v) is 2.95. The molecule has 0 aliphatic rings. The predicted molar refractivity (Wildman–Crippen MR) is 75.2 cm³/mol. The number of hydrogen-bond donors (Lipinski definition) is 1. The first kappa shape index (κ1) is 13.5. The van der Waals surface area contributed by atoms with Crippen LogP contribution in [0.4, 0.5) is 0 Å². The molecule has 0 amide bonds. The van der Waals surface area contributed by atoms with E-state index in [4.69, 9.17) is 5.73 Å². The van der Waals surface area contributed by atoms with E-state index in [1.54, 1.807) is 11.8 Å². The second kappa shape index (κ2) is 6.86. The Kier molecular flexibility index (Phi) is 5.15. The molecule has 2 aromatic rings. The predicted octanol–water partition coefficient (Wildman–Crippen LogP) is 2.08. The van der Waals surface area contributed by atoms with Crippen molar-refractivity contribution in [3.63, 3.8) is 0 Å². The summed E-state index contributed by atoms with van der Waals surface area (Å²) in [5.74, 6) is 1.63. The number of aryl methyl sites for hydroxylation is 1. The van der Waals surface area contributed by atoms with E-state index < -0.39 is 0 Å². The van der Waals surface area contributed by atoms with Gasteiger partial charge in [0.2, 0.25) is 0 Å². The van der Waals surface area contributed by atoms with Gasteiger partial charge in [-0.1, -0.05) is 12.1 Å². The van der Waals surface area contributed by atoms with Crippen LogP contribution in [0.3, 0.4) is 0 Å². The molecule has 0 aliphatic heterocycles. The van der Waals surface area contributed by atoms with Gasteiger partial charge < -0.3 is 5.73 Å². The van der Waals surface area contributed by atoms with Crippen molar-refractivity contribution in [1.82, 2.24) is 20.2 Å². The minimum absolute atomic E-state index is 0.649. The molecule has 0 aliphatic carbocycles. The molecule has 0 saturated heterocycles. The van der Waals surface area contributed by atoms with Crippen molar-refractivity contribution in [3.8, 4) is 0 Å². The van der Waals surface area contributed by atoms with Gasteiger partial charge in [0, 0.05) is 15.9 Å². The van der Waals surface area contributed by atoms with Crippen molar-refractivity contribution in [3.05, 3.63) is 34.6 Å². The van der Waals surface area contributed by atoms with Gasteiger partial charge in [-0.05, 0) is 51.5 Å². The van der Waals surface area contributed by atoms with Crippen molar-refractivity contribution in [1.29, 1.82) is 0 Å². The van der Waals surface area contributed by atoms with Gasteiger partial charge in [0.25, 0.3) is 0 Å². The molecule has 18 heavy (non-hydrogen) atoms. The summed E-state index contributed by atoms with van der Waals surface area (Å²) < 4.78 is 2.91. The van der Waals surface area contributed by atoms with Crippen LogP contribution in [-0.2, 0) is 12.3 Å². The zero-order valence-electron chi connectivity index (χ0n) is 9.79. The Morgan fingerprint density at radius 1 is 1.33 bits per heavy atom. The highest BCUT2D eigenvalue weighted by molar-refractivity contribution is 9.10. The van der Waals surface area contributed by atoms with E-state index in [1.165, 1.54) is 4.90 Å². The number of aromatic nitrogens is 4. The van der Waals surface area contributed by atoms with Crippen molar-refractivity contribution < 1.29 is 0 Å². The topological polar surface area (TPSA) is 69.6 Å². The molecule has 0 saturated carbocycles. The summed E-state index contributed by atoms with van der Waals surface area (Å²) in [6.45, 7) is 1.42. The molecule has 2 N–H and O–H groups in total. The fourth-order valence-electron chi connectivity index (χ4n) is 1.45. The highest BCUT2D eigenvalue weighted by Crippen LogP contribution is 2.28. The van der Waals surface area contributed by atoms with E-state index in [9.17, 15) is 0 Å². The number of benzene rings is 1. The van der Waals surface area contributed by atoms with Crippen molar-refractivity contribution in [2.24, 2.45) is 5.73 Å². The standard InChI is InChI=1S/C11H14BrN5S/c12-9-4-1-2-5-10(9)18-8-11-14-15-16-17(11)7-3-6-13/h1-2,4-5H,3,6-8,13H2. The fraction of sp³-hybridized carbons (Fsp3) is 0.364. The van der Waals surface area contributed by atoms with Gasteiger partial charge in [-0.15, -0.1) is 16.9 Å². The van der Waals surface area contributed by atoms with E-state index >= 15 is 0 Å². The first-order chi connectivity index (χ1) is 8.81.